The Bertz CT molecular complexity index is 412. The summed E-state index contributed by atoms with van der Waals surface area (Å²) in [6, 6.07) is 10.8. The van der Waals surface area contributed by atoms with Gasteiger partial charge in [0.15, 0.2) is 0 Å². The van der Waals surface area contributed by atoms with Crippen LogP contribution in [0.2, 0.25) is 0 Å². The molecule has 17 heavy (non-hydrogen) atoms. The van der Waals surface area contributed by atoms with Crippen LogP contribution in [0.15, 0.2) is 42.2 Å². The van der Waals surface area contributed by atoms with Crippen molar-refractivity contribution in [1.82, 2.24) is 0 Å². The van der Waals surface area contributed by atoms with Crippen molar-refractivity contribution >= 4 is 0 Å². The lowest BCUT2D eigenvalue weighted by atomic mass is 10.0. The highest BCUT2D eigenvalue weighted by molar-refractivity contribution is 5.28. The van der Waals surface area contributed by atoms with Crippen molar-refractivity contribution in [2.45, 2.75) is 31.2 Å². The van der Waals surface area contributed by atoms with Gasteiger partial charge in [0.25, 0.3) is 0 Å². The number of hydrogen-bond donors (Lipinski definition) is 1. The molecule has 0 radical (unpaired) electrons. The SMILES string of the molecule is NC(C1=CCCCO1)C1CC1c1ccccc1. The van der Waals surface area contributed by atoms with Crippen LogP contribution in [-0.2, 0) is 4.74 Å². The van der Waals surface area contributed by atoms with Crippen molar-refractivity contribution in [3.8, 4) is 0 Å². The maximum absolute atomic E-state index is 6.29. The summed E-state index contributed by atoms with van der Waals surface area (Å²) in [5, 5.41) is 0. The molecule has 2 N–H and O–H groups in total. The summed E-state index contributed by atoms with van der Waals surface area (Å²) in [4.78, 5) is 0. The van der Waals surface area contributed by atoms with E-state index in [1.54, 1.807) is 0 Å². The molecule has 1 aliphatic carbocycles. The van der Waals surface area contributed by atoms with E-state index in [1.165, 1.54) is 12.0 Å². The van der Waals surface area contributed by atoms with Gasteiger partial charge in [0.05, 0.1) is 12.6 Å². The first-order valence-electron chi connectivity index (χ1n) is 6.49. The summed E-state index contributed by atoms with van der Waals surface area (Å²) in [6.45, 7) is 0.836. The minimum atomic E-state index is 0.0977. The van der Waals surface area contributed by atoms with Gasteiger partial charge >= 0.3 is 0 Å². The van der Waals surface area contributed by atoms with Crippen molar-refractivity contribution in [2.24, 2.45) is 11.7 Å². The van der Waals surface area contributed by atoms with Gasteiger partial charge in [-0.05, 0) is 42.7 Å². The number of ether oxygens (including phenoxy) is 1. The van der Waals surface area contributed by atoms with Crippen LogP contribution in [0.1, 0.15) is 30.7 Å². The number of allylic oxidation sites excluding steroid dienone is 1. The zero-order chi connectivity index (χ0) is 11.7. The second-order valence-corrected chi connectivity index (χ2v) is 5.04. The van der Waals surface area contributed by atoms with Gasteiger partial charge in [-0.2, -0.15) is 0 Å². The van der Waals surface area contributed by atoms with Crippen LogP contribution in [0.4, 0.5) is 0 Å². The van der Waals surface area contributed by atoms with Crippen molar-refractivity contribution < 1.29 is 4.74 Å². The summed E-state index contributed by atoms with van der Waals surface area (Å²) in [5.74, 6) is 2.24. The third kappa shape index (κ3) is 2.22. The highest BCUT2D eigenvalue weighted by atomic mass is 16.5. The van der Waals surface area contributed by atoms with Crippen LogP contribution in [-0.4, -0.2) is 12.6 Å². The average molecular weight is 229 g/mol. The third-order valence-corrected chi connectivity index (χ3v) is 3.82. The minimum absolute atomic E-state index is 0.0977. The fraction of sp³-hybridized carbons (Fsp3) is 0.467. The topological polar surface area (TPSA) is 35.2 Å². The van der Waals surface area contributed by atoms with E-state index in [0.29, 0.717) is 11.8 Å². The maximum Gasteiger partial charge on any atom is 0.109 e. The summed E-state index contributed by atoms with van der Waals surface area (Å²) in [5.41, 5.74) is 7.71. The summed E-state index contributed by atoms with van der Waals surface area (Å²) < 4.78 is 5.66. The van der Waals surface area contributed by atoms with Crippen LogP contribution in [0, 0.1) is 5.92 Å². The molecule has 3 rings (SSSR count). The van der Waals surface area contributed by atoms with E-state index in [9.17, 15) is 0 Å². The van der Waals surface area contributed by atoms with Crippen LogP contribution in [0.3, 0.4) is 0 Å². The van der Waals surface area contributed by atoms with Crippen molar-refractivity contribution in [3.63, 3.8) is 0 Å². The van der Waals surface area contributed by atoms with E-state index in [-0.39, 0.29) is 6.04 Å². The van der Waals surface area contributed by atoms with Crippen LogP contribution in [0.25, 0.3) is 0 Å². The molecule has 1 aromatic carbocycles. The Kier molecular flexibility index (Phi) is 2.89. The molecular formula is C15H19NO. The predicted octanol–water partition coefficient (Wildman–Crippen LogP) is 2.81. The lowest BCUT2D eigenvalue weighted by molar-refractivity contribution is 0.171. The molecule has 0 aromatic heterocycles. The molecule has 3 unspecified atom stereocenters. The number of hydrogen-bond acceptors (Lipinski definition) is 2. The highest BCUT2D eigenvalue weighted by Gasteiger charge is 2.44. The van der Waals surface area contributed by atoms with Crippen molar-refractivity contribution in [1.29, 1.82) is 0 Å². The molecule has 0 spiro atoms. The molecule has 2 aliphatic rings. The van der Waals surface area contributed by atoms with Crippen LogP contribution in [0.5, 0.6) is 0 Å². The fourth-order valence-electron chi connectivity index (χ4n) is 2.71. The van der Waals surface area contributed by atoms with Crippen LogP contribution < -0.4 is 5.73 Å². The van der Waals surface area contributed by atoms with E-state index in [2.05, 4.69) is 36.4 Å². The molecule has 0 bridgehead atoms. The molecular weight excluding hydrogens is 210 g/mol. The zero-order valence-corrected chi connectivity index (χ0v) is 10.0. The smallest absolute Gasteiger partial charge is 0.109 e. The number of rotatable bonds is 3. The van der Waals surface area contributed by atoms with Gasteiger partial charge in [0.2, 0.25) is 0 Å². The van der Waals surface area contributed by atoms with Crippen molar-refractivity contribution in [2.75, 3.05) is 6.61 Å². The van der Waals surface area contributed by atoms with Crippen LogP contribution >= 0.6 is 0 Å². The molecule has 2 heteroatoms. The largest absolute Gasteiger partial charge is 0.497 e. The Morgan fingerprint density at radius 2 is 2.06 bits per heavy atom. The van der Waals surface area contributed by atoms with Crippen molar-refractivity contribution in [3.05, 3.63) is 47.7 Å². The molecule has 3 atom stereocenters. The lowest BCUT2D eigenvalue weighted by Gasteiger charge is -2.20. The first-order valence-corrected chi connectivity index (χ1v) is 6.49. The standard InChI is InChI=1S/C15H19NO/c16-15(14-8-4-5-9-17-14)13-10-12(13)11-6-2-1-3-7-11/h1-3,6-8,12-13,15H,4-5,9-10,16H2. The maximum atomic E-state index is 6.29. The zero-order valence-electron chi connectivity index (χ0n) is 10.0. The Morgan fingerprint density at radius 3 is 2.76 bits per heavy atom. The Morgan fingerprint density at radius 1 is 1.24 bits per heavy atom. The predicted molar refractivity (Wildman–Crippen MR) is 68.5 cm³/mol. The summed E-state index contributed by atoms with van der Waals surface area (Å²) in [7, 11) is 0. The van der Waals surface area contributed by atoms with Gasteiger partial charge in [-0.3, -0.25) is 0 Å². The molecule has 1 saturated carbocycles. The Labute approximate surface area is 102 Å². The minimum Gasteiger partial charge on any atom is -0.497 e. The lowest BCUT2D eigenvalue weighted by Crippen LogP contribution is -2.28. The third-order valence-electron chi connectivity index (χ3n) is 3.82. The fourth-order valence-corrected chi connectivity index (χ4v) is 2.71. The molecule has 1 fully saturated rings. The molecule has 0 saturated heterocycles. The molecule has 1 aromatic rings. The molecule has 90 valence electrons. The van der Waals surface area contributed by atoms with E-state index in [1.807, 2.05) is 0 Å². The monoisotopic (exact) mass is 229 g/mol. The van der Waals surface area contributed by atoms with E-state index in [0.717, 1.165) is 25.2 Å². The summed E-state index contributed by atoms with van der Waals surface area (Å²) >= 11 is 0. The molecule has 0 amide bonds. The first kappa shape index (κ1) is 10.8. The Hall–Kier alpha value is -1.28. The van der Waals surface area contributed by atoms with Gasteiger partial charge < -0.3 is 10.5 Å². The number of benzene rings is 1. The first-order chi connectivity index (χ1) is 8.36. The van der Waals surface area contributed by atoms with E-state index in [4.69, 9.17) is 10.5 Å². The van der Waals surface area contributed by atoms with E-state index < -0.39 is 0 Å². The number of nitrogens with two attached hydrogens (primary N) is 1. The molecule has 1 aliphatic heterocycles. The van der Waals surface area contributed by atoms with Gasteiger partial charge in [0, 0.05) is 0 Å². The molecule has 1 heterocycles. The van der Waals surface area contributed by atoms with Gasteiger partial charge in [-0.1, -0.05) is 30.3 Å². The Balaban J connectivity index is 1.66. The normalized spacial score (nSPS) is 29.1. The van der Waals surface area contributed by atoms with Gasteiger partial charge in [0.1, 0.15) is 5.76 Å². The second-order valence-electron chi connectivity index (χ2n) is 5.04. The van der Waals surface area contributed by atoms with Gasteiger partial charge in [-0.15, -0.1) is 0 Å². The highest BCUT2D eigenvalue weighted by Crippen LogP contribution is 2.50. The molecule has 2 nitrogen and oxygen atoms in total. The average Bonchev–Trinajstić information content (AvgIpc) is 3.20. The van der Waals surface area contributed by atoms with Gasteiger partial charge in [-0.25, -0.2) is 0 Å². The second kappa shape index (κ2) is 4.53. The quantitative estimate of drug-likeness (QED) is 0.865. The summed E-state index contributed by atoms with van der Waals surface area (Å²) in [6.07, 6.45) is 5.62. The van der Waals surface area contributed by atoms with E-state index >= 15 is 0 Å².